The minimum atomic E-state index is 0.209. The van der Waals surface area contributed by atoms with Gasteiger partial charge in [0.15, 0.2) is 0 Å². The average molecular weight is 267 g/mol. The molecule has 3 aromatic rings. The molecule has 20 heavy (non-hydrogen) atoms. The topological polar surface area (TPSA) is 58.5 Å². The molecule has 2 aromatic heterocycles. The van der Waals surface area contributed by atoms with Crippen molar-refractivity contribution in [2.45, 2.75) is 13.0 Å². The van der Waals surface area contributed by atoms with E-state index < -0.39 is 0 Å². The van der Waals surface area contributed by atoms with Gasteiger partial charge in [0.2, 0.25) is 0 Å². The van der Waals surface area contributed by atoms with Gasteiger partial charge in [0.1, 0.15) is 0 Å². The summed E-state index contributed by atoms with van der Waals surface area (Å²) in [6, 6.07) is 10.5. The Morgan fingerprint density at radius 3 is 2.60 bits per heavy atom. The molecule has 5 nitrogen and oxygen atoms in total. The molecule has 0 aliphatic heterocycles. The minimum absolute atomic E-state index is 0.209. The summed E-state index contributed by atoms with van der Waals surface area (Å²) in [5.74, 6) is 0. The molecule has 5 heteroatoms. The molecule has 0 radical (unpaired) electrons. The summed E-state index contributed by atoms with van der Waals surface area (Å²) in [6.45, 7) is 2.12. The van der Waals surface area contributed by atoms with Gasteiger partial charge in [0, 0.05) is 18.9 Å². The summed E-state index contributed by atoms with van der Waals surface area (Å²) in [5.41, 5.74) is 4.39. The molecule has 102 valence electrons. The highest BCUT2D eigenvalue weighted by molar-refractivity contribution is 5.62. The molecule has 0 saturated heterocycles. The number of imidazole rings is 1. The Bertz CT molecular complexity index is 667. The van der Waals surface area contributed by atoms with Gasteiger partial charge < -0.3 is 10.3 Å². The van der Waals surface area contributed by atoms with Crippen LogP contribution >= 0.6 is 0 Å². The van der Waals surface area contributed by atoms with E-state index >= 15 is 0 Å². The van der Waals surface area contributed by atoms with E-state index in [1.165, 1.54) is 0 Å². The summed E-state index contributed by atoms with van der Waals surface area (Å²) < 4.78 is 1.89. The Hall–Kier alpha value is -2.56. The van der Waals surface area contributed by atoms with Crippen LogP contribution in [0.2, 0.25) is 0 Å². The molecule has 2 heterocycles. The Balaban J connectivity index is 1.74. The first kappa shape index (κ1) is 12.5. The minimum Gasteiger partial charge on any atom is -0.377 e. The molecule has 2 N–H and O–H groups in total. The van der Waals surface area contributed by atoms with Crippen LogP contribution in [0.5, 0.6) is 0 Å². The van der Waals surface area contributed by atoms with E-state index in [1.54, 1.807) is 6.33 Å². The fourth-order valence-corrected chi connectivity index (χ4v) is 2.29. The summed E-state index contributed by atoms with van der Waals surface area (Å²) >= 11 is 0. The van der Waals surface area contributed by atoms with Crippen molar-refractivity contribution in [1.29, 1.82) is 0 Å². The van der Waals surface area contributed by atoms with Crippen LogP contribution in [0.4, 0.5) is 5.69 Å². The monoisotopic (exact) mass is 267 g/mol. The highest BCUT2D eigenvalue weighted by atomic mass is 15.3. The van der Waals surface area contributed by atoms with E-state index in [1.807, 2.05) is 30.2 Å². The number of benzene rings is 1. The van der Waals surface area contributed by atoms with Crippen LogP contribution in [-0.4, -0.2) is 19.7 Å². The van der Waals surface area contributed by atoms with Crippen molar-refractivity contribution >= 4 is 5.69 Å². The van der Waals surface area contributed by atoms with Crippen LogP contribution < -0.4 is 5.32 Å². The van der Waals surface area contributed by atoms with Crippen LogP contribution in [0, 0.1) is 0 Å². The lowest BCUT2D eigenvalue weighted by molar-refractivity contribution is 0.676. The van der Waals surface area contributed by atoms with Crippen molar-refractivity contribution in [2.24, 2.45) is 7.05 Å². The molecule has 0 aliphatic carbocycles. The number of hydrogen-bond acceptors (Lipinski definition) is 3. The van der Waals surface area contributed by atoms with Crippen LogP contribution in [0.3, 0.4) is 0 Å². The maximum atomic E-state index is 4.19. The van der Waals surface area contributed by atoms with E-state index in [2.05, 4.69) is 51.6 Å². The lowest BCUT2D eigenvalue weighted by atomic mass is 10.1. The molecule has 0 aliphatic rings. The van der Waals surface area contributed by atoms with Crippen LogP contribution in [0.25, 0.3) is 11.3 Å². The number of rotatable bonds is 4. The zero-order chi connectivity index (χ0) is 13.9. The van der Waals surface area contributed by atoms with Gasteiger partial charge in [0.25, 0.3) is 0 Å². The number of anilines is 1. The molecular weight excluding hydrogens is 250 g/mol. The molecule has 1 aromatic carbocycles. The number of aromatic nitrogens is 4. The van der Waals surface area contributed by atoms with Crippen molar-refractivity contribution in [3.8, 4) is 11.3 Å². The zero-order valence-electron chi connectivity index (χ0n) is 11.5. The maximum Gasteiger partial charge on any atom is 0.0924 e. The predicted octanol–water partition coefficient (Wildman–Crippen LogP) is 2.98. The van der Waals surface area contributed by atoms with Crippen LogP contribution in [-0.2, 0) is 7.05 Å². The van der Waals surface area contributed by atoms with Crippen molar-refractivity contribution in [2.75, 3.05) is 5.32 Å². The van der Waals surface area contributed by atoms with Gasteiger partial charge in [-0.3, -0.25) is 4.68 Å². The summed E-state index contributed by atoms with van der Waals surface area (Å²) in [5, 5.41) is 7.66. The molecule has 0 bridgehead atoms. The molecule has 1 unspecified atom stereocenters. The second-order valence-corrected chi connectivity index (χ2v) is 4.79. The molecule has 3 rings (SSSR count). The Kier molecular flexibility index (Phi) is 3.25. The highest BCUT2D eigenvalue weighted by Crippen LogP contribution is 2.22. The largest absolute Gasteiger partial charge is 0.377 e. The van der Waals surface area contributed by atoms with Crippen molar-refractivity contribution in [1.82, 2.24) is 19.7 Å². The summed E-state index contributed by atoms with van der Waals surface area (Å²) in [7, 11) is 1.95. The van der Waals surface area contributed by atoms with Gasteiger partial charge in [-0.05, 0) is 30.7 Å². The average Bonchev–Trinajstić information content (AvgIpc) is 3.10. The third-order valence-electron chi connectivity index (χ3n) is 3.38. The Morgan fingerprint density at radius 2 is 2.00 bits per heavy atom. The predicted molar refractivity (Wildman–Crippen MR) is 79.3 cm³/mol. The third-order valence-corrected chi connectivity index (χ3v) is 3.38. The lowest BCUT2D eigenvalue weighted by Gasteiger charge is -2.15. The lowest BCUT2D eigenvalue weighted by Crippen LogP contribution is -2.11. The molecule has 1 atom stereocenters. The number of H-pyrrole nitrogens is 1. The number of nitrogens with one attached hydrogen (secondary N) is 2. The van der Waals surface area contributed by atoms with Gasteiger partial charge in [0.05, 0.1) is 30.0 Å². The van der Waals surface area contributed by atoms with Crippen LogP contribution in [0.1, 0.15) is 18.7 Å². The maximum absolute atomic E-state index is 4.19. The van der Waals surface area contributed by atoms with E-state index in [0.29, 0.717) is 0 Å². The van der Waals surface area contributed by atoms with Gasteiger partial charge in [-0.2, -0.15) is 5.10 Å². The van der Waals surface area contributed by atoms with Crippen LogP contribution in [0.15, 0.2) is 49.1 Å². The van der Waals surface area contributed by atoms with E-state index in [4.69, 9.17) is 0 Å². The summed E-state index contributed by atoms with van der Waals surface area (Å²) in [4.78, 5) is 7.13. The van der Waals surface area contributed by atoms with E-state index in [9.17, 15) is 0 Å². The normalized spacial score (nSPS) is 12.3. The number of nitrogens with zero attached hydrogens (tertiary/aromatic N) is 3. The molecule has 0 amide bonds. The molecular formula is C15H17N5. The molecule has 0 spiro atoms. The molecule has 0 fully saturated rings. The number of hydrogen-bond donors (Lipinski definition) is 2. The van der Waals surface area contributed by atoms with E-state index in [-0.39, 0.29) is 6.04 Å². The number of aromatic amines is 1. The Morgan fingerprint density at radius 1 is 1.20 bits per heavy atom. The fourth-order valence-electron chi connectivity index (χ4n) is 2.29. The first-order valence-electron chi connectivity index (χ1n) is 6.57. The first-order chi connectivity index (χ1) is 9.74. The Labute approximate surface area is 117 Å². The van der Waals surface area contributed by atoms with Gasteiger partial charge >= 0.3 is 0 Å². The fraction of sp³-hybridized carbons (Fsp3) is 0.200. The van der Waals surface area contributed by atoms with Gasteiger partial charge in [-0.25, -0.2) is 4.98 Å². The van der Waals surface area contributed by atoms with E-state index in [0.717, 1.165) is 22.6 Å². The highest BCUT2D eigenvalue weighted by Gasteiger charge is 2.09. The third kappa shape index (κ3) is 2.42. The zero-order valence-corrected chi connectivity index (χ0v) is 11.5. The summed E-state index contributed by atoms with van der Waals surface area (Å²) in [6.07, 6.45) is 5.32. The van der Waals surface area contributed by atoms with Gasteiger partial charge in [-0.15, -0.1) is 0 Å². The van der Waals surface area contributed by atoms with Gasteiger partial charge in [-0.1, -0.05) is 12.1 Å². The van der Waals surface area contributed by atoms with Crippen molar-refractivity contribution in [3.05, 3.63) is 54.7 Å². The SMILES string of the molecule is CC(Nc1ccc(-c2cnc[nH]2)cc1)c1ccnn1C. The second kappa shape index (κ2) is 5.21. The van der Waals surface area contributed by atoms with Crippen molar-refractivity contribution < 1.29 is 0 Å². The second-order valence-electron chi connectivity index (χ2n) is 4.79. The van der Waals surface area contributed by atoms with Crippen molar-refractivity contribution in [3.63, 3.8) is 0 Å². The first-order valence-corrected chi connectivity index (χ1v) is 6.57. The standard InChI is InChI=1S/C15H17N5/c1-11(15-7-8-18-20(15)2)19-13-5-3-12(4-6-13)14-9-16-10-17-14/h3-11,19H,1-2H3,(H,16,17). The molecule has 0 saturated carbocycles. The smallest absolute Gasteiger partial charge is 0.0924 e. The quantitative estimate of drug-likeness (QED) is 0.764. The number of aryl methyl sites for hydroxylation is 1.